The maximum atomic E-state index is 12.0. The third-order valence-corrected chi connectivity index (χ3v) is 6.51. The van der Waals surface area contributed by atoms with Gasteiger partial charge in [-0.3, -0.25) is 4.79 Å². The Bertz CT molecular complexity index is 976. The number of anilines is 3. The topological polar surface area (TPSA) is 114 Å². The van der Waals surface area contributed by atoms with E-state index in [1.54, 1.807) is 19.3 Å². The summed E-state index contributed by atoms with van der Waals surface area (Å²) in [6, 6.07) is 0.244. The lowest BCUT2D eigenvalue weighted by Crippen LogP contribution is -2.41. The molecule has 2 N–H and O–H groups in total. The maximum absolute atomic E-state index is 12.0. The van der Waals surface area contributed by atoms with Crippen LogP contribution in [0.5, 0.6) is 0 Å². The minimum absolute atomic E-state index is 0.130. The fourth-order valence-corrected chi connectivity index (χ4v) is 4.81. The number of ether oxygens (including phenoxy) is 1. The van der Waals surface area contributed by atoms with Crippen molar-refractivity contribution < 1.29 is 9.53 Å². The quantitative estimate of drug-likeness (QED) is 0.756. The Morgan fingerprint density at radius 1 is 1.13 bits per heavy atom. The van der Waals surface area contributed by atoms with Crippen LogP contribution in [0.4, 0.5) is 17.7 Å². The molecule has 0 aromatic carbocycles. The highest BCUT2D eigenvalue weighted by Gasteiger charge is 2.39. The van der Waals surface area contributed by atoms with E-state index >= 15 is 0 Å². The summed E-state index contributed by atoms with van der Waals surface area (Å²) in [7, 11) is 0. The molecule has 5 rings (SSSR count). The third kappa shape index (κ3) is 3.65. The number of likely N-dealkylation sites (tertiary alicyclic amines) is 1. The first kappa shape index (κ1) is 19.9. The molecule has 0 bridgehead atoms. The van der Waals surface area contributed by atoms with Crippen LogP contribution in [-0.2, 0) is 16.0 Å². The van der Waals surface area contributed by atoms with Gasteiger partial charge in [-0.2, -0.15) is 4.98 Å². The third-order valence-electron chi connectivity index (χ3n) is 6.51. The van der Waals surface area contributed by atoms with Gasteiger partial charge in [-0.25, -0.2) is 15.0 Å². The molecule has 2 aromatic rings. The Morgan fingerprint density at radius 2 is 1.87 bits per heavy atom. The fraction of sp³-hybridized carbons (Fsp3) is 0.571. The van der Waals surface area contributed by atoms with Crippen LogP contribution in [0.2, 0.25) is 0 Å². The van der Waals surface area contributed by atoms with Crippen LogP contribution < -0.4 is 15.5 Å². The summed E-state index contributed by atoms with van der Waals surface area (Å²) in [6.07, 6.45) is 4.31. The van der Waals surface area contributed by atoms with Crippen LogP contribution >= 0.6 is 0 Å². The van der Waals surface area contributed by atoms with E-state index in [0.717, 1.165) is 61.8 Å². The van der Waals surface area contributed by atoms with Crippen molar-refractivity contribution in [3.8, 4) is 11.3 Å². The number of morpholine rings is 1. The van der Waals surface area contributed by atoms with Gasteiger partial charge in [0.2, 0.25) is 17.8 Å². The number of aromatic nitrogens is 4. The number of carbonyl (C=O) groups is 1. The molecule has 0 aliphatic carbocycles. The van der Waals surface area contributed by atoms with Crippen molar-refractivity contribution in [3.05, 3.63) is 18.0 Å². The molecule has 10 nitrogen and oxygen atoms in total. The number of hydrogen-bond acceptors (Lipinski definition) is 9. The fourth-order valence-electron chi connectivity index (χ4n) is 4.81. The van der Waals surface area contributed by atoms with E-state index in [4.69, 9.17) is 20.4 Å². The van der Waals surface area contributed by atoms with Crippen LogP contribution in [0.3, 0.4) is 0 Å². The Kier molecular flexibility index (Phi) is 5.09. The molecule has 2 saturated heterocycles. The van der Waals surface area contributed by atoms with Gasteiger partial charge < -0.3 is 25.2 Å². The second kappa shape index (κ2) is 7.92. The molecule has 3 aliphatic rings. The van der Waals surface area contributed by atoms with Gasteiger partial charge in [0.1, 0.15) is 5.82 Å². The zero-order chi connectivity index (χ0) is 21.5. The molecule has 2 atom stereocenters. The van der Waals surface area contributed by atoms with E-state index in [2.05, 4.69) is 26.7 Å². The number of nitrogens with zero attached hydrogens (tertiary/aromatic N) is 7. The monoisotopic (exact) mass is 424 g/mol. The van der Waals surface area contributed by atoms with Crippen LogP contribution in [0.15, 0.2) is 12.4 Å². The first-order valence-electron chi connectivity index (χ1n) is 10.8. The summed E-state index contributed by atoms with van der Waals surface area (Å²) < 4.78 is 5.51. The van der Waals surface area contributed by atoms with Crippen molar-refractivity contribution in [1.29, 1.82) is 0 Å². The first-order chi connectivity index (χ1) is 15.0. The Morgan fingerprint density at radius 3 is 2.55 bits per heavy atom. The zero-order valence-corrected chi connectivity index (χ0v) is 18.0. The molecular formula is C21H28N8O2. The smallest absolute Gasteiger partial charge is 0.228 e. The molecule has 0 radical (unpaired) electrons. The normalized spacial score (nSPS) is 23.4. The van der Waals surface area contributed by atoms with Gasteiger partial charge in [0.05, 0.1) is 24.9 Å². The molecule has 2 fully saturated rings. The van der Waals surface area contributed by atoms with Crippen LogP contribution in [0.25, 0.3) is 11.3 Å². The summed E-state index contributed by atoms with van der Waals surface area (Å²) in [5.41, 5.74) is 8.52. The summed E-state index contributed by atoms with van der Waals surface area (Å²) in [5, 5.41) is 0. The molecule has 0 spiro atoms. The molecule has 1 amide bonds. The first-order valence-corrected chi connectivity index (χ1v) is 10.8. The highest BCUT2D eigenvalue weighted by atomic mass is 16.5. The predicted octanol–water partition coefficient (Wildman–Crippen LogP) is 0.582. The number of nitrogen functional groups attached to an aromatic ring is 1. The Hall–Kier alpha value is -3.01. The molecule has 2 aromatic heterocycles. The number of amides is 1. The van der Waals surface area contributed by atoms with Gasteiger partial charge in [-0.15, -0.1) is 0 Å². The lowest BCUT2D eigenvalue weighted by Gasteiger charge is -2.31. The Balaban J connectivity index is 1.56. The number of rotatable bonds is 3. The van der Waals surface area contributed by atoms with Gasteiger partial charge in [0.25, 0.3) is 0 Å². The largest absolute Gasteiger partial charge is 0.378 e. The molecule has 0 saturated carbocycles. The van der Waals surface area contributed by atoms with Crippen molar-refractivity contribution >= 4 is 23.6 Å². The second-order valence-electron chi connectivity index (χ2n) is 8.52. The number of fused-ring (bicyclic) bond motifs is 1. The van der Waals surface area contributed by atoms with Gasteiger partial charge in [-0.05, 0) is 12.3 Å². The van der Waals surface area contributed by atoms with E-state index < -0.39 is 0 Å². The van der Waals surface area contributed by atoms with Crippen LogP contribution in [0.1, 0.15) is 19.4 Å². The summed E-state index contributed by atoms with van der Waals surface area (Å²) >= 11 is 0. The van der Waals surface area contributed by atoms with E-state index in [-0.39, 0.29) is 17.9 Å². The van der Waals surface area contributed by atoms with Crippen molar-refractivity contribution in [2.45, 2.75) is 26.3 Å². The molecule has 3 aliphatic heterocycles. The van der Waals surface area contributed by atoms with Crippen LogP contribution in [0, 0.1) is 5.92 Å². The summed E-state index contributed by atoms with van der Waals surface area (Å²) in [6.45, 7) is 9.08. The molecule has 10 heteroatoms. The Labute approximate surface area is 181 Å². The van der Waals surface area contributed by atoms with Crippen molar-refractivity contribution in [1.82, 2.24) is 24.8 Å². The van der Waals surface area contributed by atoms with Crippen LogP contribution in [-0.4, -0.2) is 82.7 Å². The van der Waals surface area contributed by atoms with Gasteiger partial charge in [0.15, 0.2) is 0 Å². The highest BCUT2D eigenvalue weighted by molar-refractivity contribution is 5.75. The van der Waals surface area contributed by atoms with Crippen molar-refractivity contribution in [3.63, 3.8) is 0 Å². The van der Waals surface area contributed by atoms with Gasteiger partial charge in [0, 0.05) is 63.2 Å². The van der Waals surface area contributed by atoms with Crippen molar-refractivity contribution in [2.24, 2.45) is 5.92 Å². The molecule has 5 heterocycles. The lowest BCUT2D eigenvalue weighted by atomic mass is 10.1. The van der Waals surface area contributed by atoms with E-state index in [1.165, 1.54) is 0 Å². The standard InChI is InChI=1S/C21H28N8O2/c1-13-11-28(14(2)30)12-17(13)29-4-3-16-18(15-9-23-20(22)24-10-15)25-21(26-19(16)29)27-5-7-31-8-6-27/h9-10,13,17H,3-8,11-12H2,1-2H3,(H2,22,23,24)/t13-,17+/m0/s1. The molecule has 164 valence electrons. The minimum Gasteiger partial charge on any atom is -0.378 e. The SMILES string of the molecule is CC(=O)N1C[C@@H](N2CCc3c(-c4cnc(N)nc4)nc(N4CCOCC4)nc32)[C@@H](C)C1. The maximum Gasteiger partial charge on any atom is 0.228 e. The molecular weight excluding hydrogens is 396 g/mol. The number of hydrogen-bond donors (Lipinski definition) is 1. The minimum atomic E-state index is 0.130. The molecule has 31 heavy (non-hydrogen) atoms. The average Bonchev–Trinajstić information content (AvgIpc) is 3.37. The second-order valence-corrected chi connectivity index (χ2v) is 8.52. The summed E-state index contributed by atoms with van der Waals surface area (Å²) in [5.74, 6) is 2.42. The van der Waals surface area contributed by atoms with Crippen molar-refractivity contribution in [2.75, 3.05) is 61.5 Å². The highest BCUT2D eigenvalue weighted by Crippen LogP contribution is 2.38. The van der Waals surface area contributed by atoms with E-state index in [1.807, 2.05) is 4.90 Å². The van der Waals surface area contributed by atoms with E-state index in [0.29, 0.717) is 25.1 Å². The van der Waals surface area contributed by atoms with Gasteiger partial charge in [-0.1, -0.05) is 6.92 Å². The molecule has 0 unspecified atom stereocenters. The number of nitrogens with two attached hydrogens (primary N) is 1. The summed E-state index contributed by atoms with van der Waals surface area (Å²) in [4.78, 5) is 36.8. The van der Waals surface area contributed by atoms with E-state index in [9.17, 15) is 4.79 Å². The zero-order valence-electron chi connectivity index (χ0n) is 18.0. The lowest BCUT2D eigenvalue weighted by molar-refractivity contribution is -0.127. The predicted molar refractivity (Wildman–Crippen MR) is 117 cm³/mol. The number of carbonyl (C=O) groups excluding carboxylic acids is 1. The average molecular weight is 425 g/mol. The van der Waals surface area contributed by atoms with Gasteiger partial charge >= 0.3 is 0 Å².